The summed E-state index contributed by atoms with van der Waals surface area (Å²) in [6, 6.07) is 4.82. The minimum Gasteiger partial charge on any atom is -0.352 e. The fourth-order valence-electron chi connectivity index (χ4n) is 3.47. The number of halogens is 1. The van der Waals surface area contributed by atoms with E-state index in [2.05, 4.69) is 21.2 Å². The predicted octanol–water partition coefficient (Wildman–Crippen LogP) is 1.95. The van der Waals surface area contributed by atoms with E-state index in [4.69, 9.17) is 0 Å². The Morgan fingerprint density at radius 2 is 1.81 bits per heavy atom. The molecule has 27 heavy (non-hydrogen) atoms. The number of carbonyl (C=O) groups excluding carboxylic acids is 4. The number of carbonyl (C=O) groups is 4. The van der Waals surface area contributed by atoms with Crippen LogP contribution < -0.4 is 5.32 Å². The largest absolute Gasteiger partial charge is 0.352 e. The zero-order chi connectivity index (χ0) is 19.6. The molecule has 1 fully saturated rings. The van der Waals surface area contributed by atoms with Gasteiger partial charge in [0.25, 0.3) is 11.8 Å². The normalized spacial score (nSPS) is 17.3. The van der Waals surface area contributed by atoms with Gasteiger partial charge in [-0.15, -0.1) is 0 Å². The molecule has 0 aliphatic carbocycles. The molecule has 0 saturated carbocycles. The van der Waals surface area contributed by atoms with Gasteiger partial charge in [-0.2, -0.15) is 0 Å². The number of fused-ring (bicyclic) bond motifs is 1. The van der Waals surface area contributed by atoms with Crippen molar-refractivity contribution in [2.24, 2.45) is 0 Å². The van der Waals surface area contributed by atoms with E-state index in [0.717, 1.165) is 11.3 Å². The lowest BCUT2D eigenvalue weighted by atomic mass is 10.0. The van der Waals surface area contributed by atoms with Crippen LogP contribution in [0.4, 0.5) is 0 Å². The summed E-state index contributed by atoms with van der Waals surface area (Å²) in [5.74, 6) is -1.11. The van der Waals surface area contributed by atoms with E-state index in [1.807, 2.05) is 11.8 Å². The van der Waals surface area contributed by atoms with E-state index in [1.165, 1.54) is 0 Å². The van der Waals surface area contributed by atoms with Gasteiger partial charge in [0.05, 0.1) is 11.1 Å². The third-order valence-electron chi connectivity index (χ3n) is 4.91. The quantitative estimate of drug-likeness (QED) is 0.715. The first kappa shape index (κ1) is 19.5. The average Bonchev–Trinajstić information content (AvgIpc) is 2.87. The highest BCUT2D eigenvalue weighted by atomic mass is 79.9. The lowest BCUT2D eigenvalue weighted by Gasteiger charge is -2.32. The minimum absolute atomic E-state index is 0.0486. The van der Waals surface area contributed by atoms with Gasteiger partial charge in [0, 0.05) is 30.0 Å². The third-order valence-corrected chi connectivity index (χ3v) is 5.40. The molecule has 144 valence electrons. The van der Waals surface area contributed by atoms with Crippen LogP contribution in [0, 0.1) is 0 Å². The molecule has 0 spiro atoms. The van der Waals surface area contributed by atoms with E-state index in [-0.39, 0.29) is 24.4 Å². The summed E-state index contributed by atoms with van der Waals surface area (Å²) in [6.45, 7) is 2.91. The first-order chi connectivity index (χ1) is 12.9. The molecule has 0 aromatic heterocycles. The Kier molecular flexibility index (Phi) is 5.94. The lowest BCUT2D eigenvalue weighted by molar-refractivity contribution is -0.132. The highest BCUT2D eigenvalue weighted by Crippen LogP contribution is 2.25. The maximum absolute atomic E-state index is 12.4. The molecule has 1 saturated heterocycles. The van der Waals surface area contributed by atoms with Gasteiger partial charge in [-0.3, -0.25) is 24.1 Å². The van der Waals surface area contributed by atoms with E-state index in [1.54, 1.807) is 18.2 Å². The number of hydrogen-bond acceptors (Lipinski definition) is 4. The highest BCUT2D eigenvalue weighted by Gasteiger charge is 2.37. The fourth-order valence-corrected chi connectivity index (χ4v) is 3.83. The van der Waals surface area contributed by atoms with Crippen LogP contribution in [0.15, 0.2) is 22.7 Å². The molecule has 8 heteroatoms. The molecule has 1 aromatic rings. The number of imide groups is 1. The van der Waals surface area contributed by atoms with Gasteiger partial charge in [-0.25, -0.2) is 0 Å². The van der Waals surface area contributed by atoms with Gasteiger partial charge in [-0.1, -0.05) is 22.9 Å². The average molecular weight is 436 g/mol. The molecule has 0 atom stereocenters. The number of likely N-dealkylation sites (tertiary alicyclic amines) is 1. The van der Waals surface area contributed by atoms with E-state index in [0.29, 0.717) is 48.0 Å². The number of piperidine rings is 1. The van der Waals surface area contributed by atoms with Crippen molar-refractivity contribution in [2.75, 3.05) is 19.6 Å². The molecule has 3 rings (SSSR count). The number of benzene rings is 1. The number of amides is 4. The molecule has 0 radical (unpaired) electrons. The summed E-state index contributed by atoms with van der Waals surface area (Å²) in [7, 11) is 0. The minimum atomic E-state index is -0.452. The molecule has 2 heterocycles. The summed E-state index contributed by atoms with van der Waals surface area (Å²) in [5.41, 5.74) is 0.628. The van der Waals surface area contributed by atoms with Crippen molar-refractivity contribution in [3.05, 3.63) is 33.8 Å². The summed E-state index contributed by atoms with van der Waals surface area (Å²) in [5, 5.41) is 2.88. The molecular formula is C19H22BrN3O4. The van der Waals surface area contributed by atoms with Crippen molar-refractivity contribution >= 4 is 39.6 Å². The Hall–Kier alpha value is -2.22. The van der Waals surface area contributed by atoms with Gasteiger partial charge >= 0.3 is 0 Å². The maximum Gasteiger partial charge on any atom is 0.262 e. The summed E-state index contributed by atoms with van der Waals surface area (Å²) in [6.07, 6.45) is 2.73. The Bertz CT molecular complexity index is 787. The predicted molar refractivity (Wildman–Crippen MR) is 102 cm³/mol. The fraction of sp³-hybridized carbons (Fsp3) is 0.474. The first-order valence-electron chi connectivity index (χ1n) is 9.13. The van der Waals surface area contributed by atoms with E-state index >= 15 is 0 Å². The van der Waals surface area contributed by atoms with Crippen LogP contribution in [-0.4, -0.2) is 59.1 Å². The number of nitrogens with one attached hydrogen (secondary N) is 1. The molecule has 0 unspecified atom stereocenters. The molecular weight excluding hydrogens is 414 g/mol. The van der Waals surface area contributed by atoms with E-state index in [9.17, 15) is 19.2 Å². The van der Waals surface area contributed by atoms with Gasteiger partial charge in [0.15, 0.2) is 0 Å². The molecule has 2 aliphatic rings. The molecule has 7 nitrogen and oxygen atoms in total. The van der Waals surface area contributed by atoms with Crippen molar-refractivity contribution in [2.45, 2.75) is 38.6 Å². The zero-order valence-corrected chi connectivity index (χ0v) is 16.8. The van der Waals surface area contributed by atoms with Crippen molar-refractivity contribution in [1.82, 2.24) is 15.1 Å². The van der Waals surface area contributed by atoms with Crippen molar-refractivity contribution in [3.63, 3.8) is 0 Å². The van der Waals surface area contributed by atoms with Crippen LogP contribution in [0.2, 0.25) is 0 Å². The second-order valence-electron chi connectivity index (χ2n) is 6.86. The van der Waals surface area contributed by atoms with Gasteiger partial charge in [0.2, 0.25) is 11.8 Å². The molecule has 1 N–H and O–H groups in total. The SMILES string of the molecule is CCCC(=O)N1CCC(NC(=O)CN2C(=O)c3ccc(Br)cc3C2=O)CC1. The second kappa shape index (κ2) is 8.21. The summed E-state index contributed by atoms with van der Waals surface area (Å²) < 4.78 is 0.707. The second-order valence-corrected chi connectivity index (χ2v) is 7.77. The Balaban J connectivity index is 1.53. The molecule has 4 amide bonds. The summed E-state index contributed by atoms with van der Waals surface area (Å²) in [4.78, 5) is 51.9. The summed E-state index contributed by atoms with van der Waals surface area (Å²) >= 11 is 3.28. The zero-order valence-electron chi connectivity index (χ0n) is 15.2. The molecule has 0 bridgehead atoms. The monoisotopic (exact) mass is 435 g/mol. The standard InChI is InChI=1S/C19H22BrN3O4/c1-2-3-17(25)22-8-6-13(7-9-22)21-16(24)11-23-18(26)14-5-4-12(20)10-15(14)19(23)27/h4-5,10,13H,2-3,6-9,11H2,1H3,(H,21,24). The van der Waals surface area contributed by atoms with Crippen LogP contribution in [0.25, 0.3) is 0 Å². The van der Waals surface area contributed by atoms with Gasteiger partial charge in [0.1, 0.15) is 6.54 Å². The van der Waals surface area contributed by atoms with Crippen molar-refractivity contribution in [1.29, 1.82) is 0 Å². The van der Waals surface area contributed by atoms with Gasteiger partial charge < -0.3 is 10.2 Å². The van der Waals surface area contributed by atoms with Crippen molar-refractivity contribution < 1.29 is 19.2 Å². The smallest absolute Gasteiger partial charge is 0.262 e. The Morgan fingerprint density at radius 1 is 1.15 bits per heavy atom. The van der Waals surface area contributed by atoms with Crippen LogP contribution in [0.1, 0.15) is 53.3 Å². The third kappa shape index (κ3) is 4.21. The number of hydrogen-bond donors (Lipinski definition) is 1. The van der Waals surface area contributed by atoms with Crippen molar-refractivity contribution in [3.8, 4) is 0 Å². The Morgan fingerprint density at radius 3 is 2.48 bits per heavy atom. The van der Waals surface area contributed by atoms with Crippen LogP contribution >= 0.6 is 15.9 Å². The molecule has 2 aliphatic heterocycles. The molecule has 1 aromatic carbocycles. The van der Waals surface area contributed by atoms with E-state index < -0.39 is 11.8 Å². The van der Waals surface area contributed by atoms with Crippen LogP contribution in [0.3, 0.4) is 0 Å². The topological polar surface area (TPSA) is 86.8 Å². The lowest BCUT2D eigenvalue weighted by Crippen LogP contribution is -2.49. The number of rotatable bonds is 5. The Labute approximate surface area is 166 Å². The van der Waals surface area contributed by atoms with Gasteiger partial charge in [-0.05, 0) is 37.5 Å². The number of nitrogens with zero attached hydrogens (tertiary/aromatic N) is 2. The highest BCUT2D eigenvalue weighted by molar-refractivity contribution is 9.10. The maximum atomic E-state index is 12.4. The van der Waals surface area contributed by atoms with Crippen LogP contribution in [-0.2, 0) is 9.59 Å². The first-order valence-corrected chi connectivity index (χ1v) is 9.93. The van der Waals surface area contributed by atoms with Crippen LogP contribution in [0.5, 0.6) is 0 Å².